The molecule has 0 aliphatic carbocycles. The number of fused-ring (bicyclic) bond motifs is 1. The summed E-state index contributed by atoms with van der Waals surface area (Å²) in [5, 5.41) is 0. The SMILES string of the molecule is CC1(C)CCc2c(-c3ccc(O[11CH3])cc3F)cc(C(N)=O)nc2O1. The summed E-state index contributed by atoms with van der Waals surface area (Å²) in [7, 11) is 1.48. The molecule has 5 nitrogen and oxygen atoms in total. The van der Waals surface area contributed by atoms with Gasteiger partial charge in [-0.3, -0.25) is 4.79 Å². The lowest BCUT2D eigenvalue weighted by Gasteiger charge is -2.32. The van der Waals surface area contributed by atoms with Gasteiger partial charge in [0.05, 0.1) is 7.11 Å². The second kappa shape index (κ2) is 5.78. The summed E-state index contributed by atoms with van der Waals surface area (Å²) in [6, 6.07) is 6.12. The number of amides is 1. The molecule has 0 bridgehead atoms. The Hall–Kier alpha value is -2.63. The largest absolute Gasteiger partial charge is 0.497 e. The van der Waals surface area contributed by atoms with Gasteiger partial charge in [-0.1, -0.05) is 0 Å². The molecule has 2 heterocycles. The van der Waals surface area contributed by atoms with Crippen LogP contribution in [0.4, 0.5) is 4.39 Å². The van der Waals surface area contributed by atoms with Crippen molar-refractivity contribution in [2.75, 3.05) is 7.11 Å². The fraction of sp³-hybridized carbons (Fsp3) is 0.333. The van der Waals surface area contributed by atoms with E-state index in [9.17, 15) is 9.18 Å². The average molecular weight is 329 g/mol. The molecule has 3 rings (SSSR count). The second-order valence-electron chi connectivity index (χ2n) is 6.41. The molecule has 0 atom stereocenters. The highest BCUT2D eigenvalue weighted by Gasteiger charge is 2.31. The van der Waals surface area contributed by atoms with Gasteiger partial charge in [0.15, 0.2) is 0 Å². The Labute approximate surface area is 139 Å². The first kappa shape index (κ1) is 16.2. The van der Waals surface area contributed by atoms with Crippen LogP contribution in [0.1, 0.15) is 36.3 Å². The van der Waals surface area contributed by atoms with E-state index in [2.05, 4.69) is 4.98 Å². The van der Waals surface area contributed by atoms with Crippen molar-refractivity contribution < 1.29 is 18.7 Å². The average Bonchev–Trinajstić information content (AvgIpc) is 2.52. The van der Waals surface area contributed by atoms with Gasteiger partial charge < -0.3 is 15.2 Å². The van der Waals surface area contributed by atoms with Crippen molar-refractivity contribution in [1.82, 2.24) is 4.98 Å². The van der Waals surface area contributed by atoms with Crippen molar-refractivity contribution in [3.05, 3.63) is 41.3 Å². The summed E-state index contributed by atoms with van der Waals surface area (Å²) < 4.78 is 25.4. The summed E-state index contributed by atoms with van der Waals surface area (Å²) in [4.78, 5) is 15.8. The van der Waals surface area contributed by atoms with E-state index in [1.54, 1.807) is 12.1 Å². The molecular formula is C18H19FN2O3. The van der Waals surface area contributed by atoms with Gasteiger partial charge in [-0.2, -0.15) is 0 Å². The molecule has 1 amide bonds. The number of methoxy groups -OCH3 is 1. The number of ether oxygens (including phenoxy) is 2. The minimum atomic E-state index is -0.681. The van der Waals surface area contributed by atoms with Crippen molar-refractivity contribution in [2.45, 2.75) is 32.3 Å². The molecule has 1 aliphatic rings. The summed E-state index contributed by atoms with van der Waals surface area (Å²) in [6.45, 7) is 3.89. The maximum Gasteiger partial charge on any atom is 0.267 e. The Morgan fingerprint density at radius 1 is 1.33 bits per heavy atom. The predicted octanol–water partition coefficient (Wildman–Crippen LogP) is 3.10. The van der Waals surface area contributed by atoms with Gasteiger partial charge in [0.2, 0.25) is 5.88 Å². The standard InChI is InChI=1S/C18H19FN2O3/c1-18(2)7-6-12-13(9-15(16(20)22)21-17(12)24-18)11-5-4-10(23-3)8-14(11)19/h4-5,8-9H,6-7H2,1-3H3,(H2,20,22)/i3-1. The first-order valence-corrected chi connectivity index (χ1v) is 7.67. The van der Waals surface area contributed by atoms with E-state index < -0.39 is 17.3 Å². The second-order valence-corrected chi connectivity index (χ2v) is 6.41. The normalized spacial score (nSPS) is 15.3. The minimum absolute atomic E-state index is 0.0525. The van der Waals surface area contributed by atoms with Crippen LogP contribution in [0.25, 0.3) is 11.1 Å². The van der Waals surface area contributed by atoms with Gasteiger partial charge >= 0.3 is 0 Å². The fourth-order valence-electron chi connectivity index (χ4n) is 2.82. The number of carbonyl (C=O) groups is 1. The molecule has 2 aromatic rings. The lowest BCUT2D eigenvalue weighted by Crippen LogP contribution is -2.34. The van der Waals surface area contributed by atoms with Gasteiger partial charge in [0.1, 0.15) is 22.9 Å². The molecular weight excluding hydrogens is 310 g/mol. The number of nitrogens with zero attached hydrogens (tertiary/aromatic N) is 1. The molecule has 0 saturated carbocycles. The third kappa shape index (κ3) is 2.91. The van der Waals surface area contributed by atoms with E-state index in [-0.39, 0.29) is 5.69 Å². The molecule has 1 aliphatic heterocycles. The van der Waals surface area contributed by atoms with E-state index in [4.69, 9.17) is 15.2 Å². The van der Waals surface area contributed by atoms with E-state index in [1.165, 1.54) is 19.2 Å². The first-order chi connectivity index (χ1) is 11.3. The summed E-state index contributed by atoms with van der Waals surface area (Å²) in [5.41, 5.74) is 6.75. The Morgan fingerprint density at radius 2 is 2.08 bits per heavy atom. The van der Waals surface area contributed by atoms with Gasteiger partial charge in [-0.15, -0.1) is 0 Å². The molecule has 0 spiro atoms. The van der Waals surface area contributed by atoms with Crippen molar-refractivity contribution in [3.8, 4) is 22.8 Å². The van der Waals surface area contributed by atoms with Crippen molar-refractivity contribution in [2.24, 2.45) is 5.73 Å². The zero-order chi connectivity index (χ0) is 17.5. The molecule has 0 radical (unpaired) electrons. The number of benzene rings is 1. The van der Waals surface area contributed by atoms with Crippen LogP contribution in [0, 0.1) is 5.82 Å². The highest BCUT2D eigenvalue weighted by atomic mass is 19.1. The Kier molecular flexibility index (Phi) is 3.91. The van der Waals surface area contributed by atoms with E-state index in [1.807, 2.05) is 13.8 Å². The van der Waals surface area contributed by atoms with Crippen molar-refractivity contribution in [3.63, 3.8) is 0 Å². The third-order valence-corrected chi connectivity index (χ3v) is 4.16. The minimum Gasteiger partial charge on any atom is -0.497 e. The zero-order valence-electron chi connectivity index (χ0n) is 13.9. The molecule has 24 heavy (non-hydrogen) atoms. The quantitative estimate of drug-likeness (QED) is 0.939. The van der Waals surface area contributed by atoms with Crippen LogP contribution in [-0.4, -0.2) is 23.6 Å². The smallest absolute Gasteiger partial charge is 0.267 e. The third-order valence-electron chi connectivity index (χ3n) is 4.16. The number of halogens is 1. The Balaban J connectivity index is 2.20. The van der Waals surface area contributed by atoms with Crippen molar-refractivity contribution in [1.29, 1.82) is 0 Å². The molecule has 2 N–H and O–H groups in total. The number of rotatable bonds is 3. The van der Waals surface area contributed by atoms with Gasteiger partial charge in [0, 0.05) is 17.2 Å². The monoisotopic (exact) mass is 329 g/mol. The Bertz CT molecular complexity index is 818. The number of aromatic nitrogens is 1. The van der Waals surface area contributed by atoms with E-state index in [0.717, 1.165) is 12.0 Å². The zero-order valence-corrected chi connectivity index (χ0v) is 13.9. The van der Waals surface area contributed by atoms with Crippen molar-refractivity contribution >= 4 is 5.91 Å². The number of primary amides is 1. The van der Waals surface area contributed by atoms with Crippen LogP contribution in [0.3, 0.4) is 0 Å². The number of carbonyl (C=O) groups excluding carboxylic acids is 1. The maximum absolute atomic E-state index is 14.5. The molecule has 126 valence electrons. The first-order valence-electron chi connectivity index (χ1n) is 7.67. The lowest BCUT2D eigenvalue weighted by atomic mass is 9.90. The van der Waals surface area contributed by atoms with Gasteiger partial charge in [0.25, 0.3) is 5.91 Å². The fourth-order valence-corrected chi connectivity index (χ4v) is 2.82. The van der Waals surface area contributed by atoms with Gasteiger partial charge in [-0.05, 0) is 50.5 Å². The molecule has 0 fully saturated rings. The number of hydrogen-bond donors (Lipinski definition) is 1. The summed E-state index contributed by atoms with van der Waals surface area (Å²) in [6.07, 6.45) is 1.44. The molecule has 1 aromatic carbocycles. The number of pyridine rings is 1. The predicted molar refractivity (Wildman–Crippen MR) is 87.7 cm³/mol. The van der Waals surface area contributed by atoms with Crippen LogP contribution in [0.2, 0.25) is 0 Å². The summed E-state index contributed by atoms with van der Waals surface area (Å²) >= 11 is 0. The number of nitrogens with two attached hydrogens (primary N) is 1. The highest BCUT2D eigenvalue weighted by molar-refractivity contribution is 5.93. The van der Waals surface area contributed by atoms with Crippen LogP contribution < -0.4 is 15.2 Å². The van der Waals surface area contributed by atoms with E-state index >= 15 is 0 Å². The van der Waals surface area contributed by atoms with Crippen LogP contribution in [-0.2, 0) is 6.42 Å². The molecule has 6 heteroatoms. The van der Waals surface area contributed by atoms with Crippen LogP contribution >= 0.6 is 0 Å². The van der Waals surface area contributed by atoms with Crippen LogP contribution in [0.15, 0.2) is 24.3 Å². The molecule has 1 aromatic heterocycles. The summed E-state index contributed by atoms with van der Waals surface area (Å²) in [5.74, 6) is -0.359. The topological polar surface area (TPSA) is 74.4 Å². The van der Waals surface area contributed by atoms with Crippen LogP contribution in [0.5, 0.6) is 11.6 Å². The lowest BCUT2D eigenvalue weighted by molar-refractivity contribution is 0.0774. The highest BCUT2D eigenvalue weighted by Crippen LogP contribution is 2.39. The molecule has 0 saturated heterocycles. The Morgan fingerprint density at radius 3 is 2.71 bits per heavy atom. The molecule has 0 unspecified atom stereocenters. The maximum atomic E-state index is 14.5. The van der Waals surface area contributed by atoms with Gasteiger partial charge in [-0.25, -0.2) is 9.37 Å². The van der Waals surface area contributed by atoms with E-state index in [0.29, 0.717) is 29.2 Å². The number of hydrogen-bond acceptors (Lipinski definition) is 4.